The standard InChI is InChI=1S/C9H13N3O/c13-7-8-3-2-6-12(8)9-4-1-5-10-11-9/h1,4-5,8,13H,2-3,6-7H2. The molecule has 0 spiro atoms. The summed E-state index contributed by atoms with van der Waals surface area (Å²) in [5, 5.41) is 17.0. The third-order valence-corrected chi connectivity index (χ3v) is 2.44. The SMILES string of the molecule is OCC1CCCN1c1cccnn1. The van der Waals surface area contributed by atoms with Gasteiger partial charge in [-0.3, -0.25) is 0 Å². The lowest BCUT2D eigenvalue weighted by Crippen LogP contribution is -2.32. The molecular weight excluding hydrogens is 166 g/mol. The fourth-order valence-electron chi connectivity index (χ4n) is 1.77. The second-order valence-electron chi connectivity index (χ2n) is 3.25. The molecule has 1 saturated heterocycles. The van der Waals surface area contributed by atoms with E-state index < -0.39 is 0 Å². The summed E-state index contributed by atoms with van der Waals surface area (Å²) in [5.74, 6) is 0.874. The van der Waals surface area contributed by atoms with Gasteiger partial charge in [0.25, 0.3) is 0 Å². The van der Waals surface area contributed by atoms with Crippen molar-refractivity contribution < 1.29 is 5.11 Å². The van der Waals surface area contributed by atoms with E-state index in [1.165, 1.54) is 0 Å². The van der Waals surface area contributed by atoms with Gasteiger partial charge in [-0.05, 0) is 25.0 Å². The van der Waals surface area contributed by atoms with Crippen molar-refractivity contribution in [2.45, 2.75) is 18.9 Å². The van der Waals surface area contributed by atoms with Crippen LogP contribution in [0.2, 0.25) is 0 Å². The van der Waals surface area contributed by atoms with Gasteiger partial charge in [-0.25, -0.2) is 0 Å². The highest BCUT2D eigenvalue weighted by Crippen LogP contribution is 2.22. The molecule has 1 aromatic heterocycles. The van der Waals surface area contributed by atoms with Gasteiger partial charge in [-0.15, -0.1) is 5.10 Å². The molecule has 0 bridgehead atoms. The van der Waals surface area contributed by atoms with Gasteiger partial charge in [0.05, 0.1) is 12.6 Å². The number of nitrogens with zero attached hydrogens (tertiary/aromatic N) is 3. The van der Waals surface area contributed by atoms with Crippen LogP contribution in [0.4, 0.5) is 5.82 Å². The van der Waals surface area contributed by atoms with E-state index in [1.54, 1.807) is 6.20 Å². The minimum atomic E-state index is 0.205. The molecule has 1 atom stereocenters. The van der Waals surface area contributed by atoms with Crippen LogP contribution in [-0.2, 0) is 0 Å². The smallest absolute Gasteiger partial charge is 0.151 e. The molecule has 0 amide bonds. The van der Waals surface area contributed by atoms with Gasteiger partial charge < -0.3 is 10.0 Å². The van der Waals surface area contributed by atoms with Gasteiger partial charge in [0.2, 0.25) is 0 Å². The minimum Gasteiger partial charge on any atom is -0.394 e. The summed E-state index contributed by atoms with van der Waals surface area (Å²) < 4.78 is 0. The molecule has 0 aliphatic carbocycles. The summed E-state index contributed by atoms with van der Waals surface area (Å²) in [6.07, 6.45) is 3.84. The zero-order chi connectivity index (χ0) is 9.10. The predicted octanol–water partition coefficient (Wildman–Crippen LogP) is 0.438. The topological polar surface area (TPSA) is 49.2 Å². The van der Waals surface area contributed by atoms with Gasteiger partial charge in [0.1, 0.15) is 0 Å². The molecule has 2 rings (SSSR count). The molecule has 4 heteroatoms. The molecular formula is C9H13N3O. The van der Waals surface area contributed by atoms with Crippen LogP contribution >= 0.6 is 0 Å². The Hall–Kier alpha value is -1.16. The third kappa shape index (κ3) is 1.62. The van der Waals surface area contributed by atoms with Crippen LogP contribution in [0, 0.1) is 0 Å². The van der Waals surface area contributed by atoms with Crippen LogP contribution in [0.15, 0.2) is 18.3 Å². The lowest BCUT2D eigenvalue weighted by atomic mass is 10.2. The quantitative estimate of drug-likeness (QED) is 0.715. The molecule has 13 heavy (non-hydrogen) atoms. The Morgan fingerprint density at radius 2 is 2.54 bits per heavy atom. The largest absolute Gasteiger partial charge is 0.394 e. The van der Waals surface area contributed by atoms with E-state index in [-0.39, 0.29) is 12.6 Å². The number of aromatic nitrogens is 2. The molecule has 0 saturated carbocycles. The molecule has 1 fully saturated rings. The first kappa shape index (κ1) is 8.44. The monoisotopic (exact) mass is 179 g/mol. The molecule has 1 aromatic rings. The van der Waals surface area contributed by atoms with Gasteiger partial charge in [0, 0.05) is 12.7 Å². The van der Waals surface area contributed by atoms with Crippen molar-refractivity contribution in [3.8, 4) is 0 Å². The third-order valence-electron chi connectivity index (χ3n) is 2.44. The van der Waals surface area contributed by atoms with Crippen molar-refractivity contribution in [3.05, 3.63) is 18.3 Å². The predicted molar refractivity (Wildman–Crippen MR) is 49.5 cm³/mol. The van der Waals surface area contributed by atoms with E-state index in [1.807, 2.05) is 12.1 Å². The maximum Gasteiger partial charge on any atom is 0.151 e. The van der Waals surface area contributed by atoms with Crippen LogP contribution in [0.3, 0.4) is 0 Å². The summed E-state index contributed by atoms with van der Waals surface area (Å²) in [6, 6.07) is 4.03. The Kier molecular flexibility index (Phi) is 2.40. The number of aliphatic hydroxyl groups excluding tert-OH is 1. The number of hydrogen-bond donors (Lipinski definition) is 1. The highest BCUT2D eigenvalue weighted by Gasteiger charge is 2.24. The van der Waals surface area contributed by atoms with Crippen LogP contribution in [0.1, 0.15) is 12.8 Å². The van der Waals surface area contributed by atoms with E-state index in [0.29, 0.717) is 0 Å². The van der Waals surface area contributed by atoms with Gasteiger partial charge in [0.15, 0.2) is 5.82 Å². The van der Waals surface area contributed by atoms with Gasteiger partial charge >= 0.3 is 0 Å². The maximum absolute atomic E-state index is 9.11. The fraction of sp³-hybridized carbons (Fsp3) is 0.556. The van der Waals surface area contributed by atoms with E-state index in [2.05, 4.69) is 15.1 Å². The Morgan fingerprint density at radius 1 is 1.62 bits per heavy atom. The molecule has 1 aliphatic rings. The molecule has 1 unspecified atom stereocenters. The first-order chi connectivity index (χ1) is 6.42. The Labute approximate surface area is 77.2 Å². The molecule has 0 aromatic carbocycles. The van der Waals surface area contributed by atoms with Crippen molar-refractivity contribution in [1.29, 1.82) is 0 Å². The van der Waals surface area contributed by atoms with E-state index in [0.717, 1.165) is 25.2 Å². The summed E-state index contributed by atoms with van der Waals surface area (Å²) >= 11 is 0. The average molecular weight is 179 g/mol. The molecule has 2 heterocycles. The zero-order valence-corrected chi connectivity index (χ0v) is 7.43. The minimum absolute atomic E-state index is 0.205. The second kappa shape index (κ2) is 3.70. The lowest BCUT2D eigenvalue weighted by molar-refractivity contribution is 0.266. The van der Waals surface area contributed by atoms with Crippen LogP contribution in [0.5, 0.6) is 0 Å². The average Bonchev–Trinajstić information content (AvgIpc) is 2.67. The lowest BCUT2D eigenvalue weighted by Gasteiger charge is -2.22. The van der Waals surface area contributed by atoms with Crippen molar-refractivity contribution in [2.75, 3.05) is 18.1 Å². The Balaban J connectivity index is 2.16. The van der Waals surface area contributed by atoms with Crippen molar-refractivity contribution >= 4 is 5.82 Å². The number of hydrogen-bond acceptors (Lipinski definition) is 4. The first-order valence-electron chi connectivity index (χ1n) is 4.57. The summed E-state index contributed by atoms with van der Waals surface area (Å²) in [4.78, 5) is 2.12. The molecule has 70 valence electrons. The van der Waals surface area contributed by atoms with E-state index >= 15 is 0 Å². The first-order valence-corrected chi connectivity index (χ1v) is 4.57. The van der Waals surface area contributed by atoms with Crippen molar-refractivity contribution in [2.24, 2.45) is 0 Å². The molecule has 0 radical (unpaired) electrons. The molecule has 1 N–H and O–H groups in total. The van der Waals surface area contributed by atoms with Crippen LogP contribution in [-0.4, -0.2) is 34.5 Å². The van der Waals surface area contributed by atoms with Gasteiger partial charge in [-0.2, -0.15) is 5.10 Å². The maximum atomic E-state index is 9.11. The van der Waals surface area contributed by atoms with Crippen LogP contribution in [0.25, 0.3) is 0 Å². The zero-order valence-electron chi connectivity index (χ0n) is 7.43. The van der Waals surface area contributed by atoms with E-state index in [9.17, 15) is 0 Å². The molecule has 1 aliphatic heterocycles. The molecule has 4 nitrogen and oxygen atoms in total. The summed E-state index contributed by atoms with van der Waals surface area (Å²) in [6.45, 7) is 1.18. The second-order valence-corrected chi connectivity index (χ2v) is 3.25. The van der Waals surface area contributed by atoms with Crippen LogP contribution < -0.4 is 4.90 Å². The Bertz CT molecular complexity index is 265. The van der Waals surface area contributed by atoms with Crippen molar-refractivity contribution in [3.63, 3.8) is 0 Å². The normalized spacial score (nSPS) is 22.2. The highest BCUT2D eigenvalue weighted by molar-refractivity contribution is 5.39. The number of rotatable bonds is 2. The van der Waals surface area contributed by atoms with Gasteiger partial charge in [-0.1, -0.05) is 0 Å². The van der Waals surface area contributed by atoms with E-state index in [4.69, 9.17) is 5.11 Å². The summed E-state index contributed by atoms with van der Waals surface area (Å²) in [5.41, 5.74) is 0. The fourth-order valence-corrected chi connectivity index (χ4v) is 1.77. The highest BCUT2D eigenvalue weighted by atomic mass is 16.3. The number of anilines is 1. The Morgan fingerprint density at radius 3 is 3.23 bits per heavy atom. The summed E-state index contributed by atoms with van der Waals surface area (Å²) in [7, 11) is 0. The number of aliphatic hydroxyl groups is 1. The van der Waals surface area contributed by atoms with Crippen molar-refractivity contribution in [1.82, 2.24) is 10.2 Å².